The van der Waals surface area contributed by atoms with Crippen LogP contribution in [0.2, 0.25) is 0 Å². The number of para-hydroxylation sites is 2. The number of anilines is 1. The summed E-state index contributed by atoms with van der Waals surface area (Å²) in [4.78, 5) is 21.7. The number of likely N-dealkylation sites (N-methyl/N-ethyl adjacent to an activating group) is 1. The van der Waals surface area contributed by atoms with Gasteiger partial charge in [0.25, 0.3) is 6.01 Å². The van der Waals surface area contributed by atoms with Crippen LogP contribution in [-0.4, -0.2) is 56.6 Å². The molecule has 1 aliphatic heterocycles. The van der Waals surface area contributed by atoms with Crippen molar-refractivity contribution in [2.45, 2.75) is 18.9 Å². The van der Waals surface area contributed by atoms with Crippen molar-refractivity contribution in [3.05, 3.63) is 54.1 Å². The van der Waals surface area contributed by atoms with Crippen molar-refractivity contribution in [1.82, 2.24) is 15.2 Å². The van der Waals surface area contributed by atoms with Crippen LogP contribution in [0.3, 0.4) is 0 Å². The van der Waals surface area contributed by atoms with Gasteiger partial charge in [-0.25, -0.2) is 0 Å². The molecule has 2 heterocycles. The normalized spacial score (nSPS) is 15.9. The zero-order valence-corrected chi connectivity index (χ0v) is 18.4. The van der Waals surface area contributed by atoms with E-state index in [1.54, 1.807) is 7.11 Å². The Balaban J connectivity index is 1.32. The summed E-state index contributed by atoms with van der Waals surface area (Å²) >= 11 is 0. The van der Waals surface area contributed by atoms with Crippen molar-refractivity contribution < 1.29 is 13.9 Å². The van der Waals surface area contributed by atoms with Gasteiger partial charge in [0.2, 0.25) is 5.91 Å². The van der Waals surface area contributed by atoms with Gasteiger partial charge in [0, 0.05) is 25.6 Å². The summed E-state index contributed by atoms with van der Waals surface area (Å²) in [5, 5.41) is 3.17. The number of amides is 1. The molecular formula is C24H30N4O3. The second-order valence-corrected chi connectivity index (χ2v) is 8.23. The number of rotatable bonds is 7. The fraction of sp³-hybridized carbons (Fsp3) is 0.417. The predicted octanol–water partition coefficient (Wildman–Crippen LogP) is 3.47. The number of nitrogens with zero attached hydrogens (tertiary/aromatic N) is 3. The number of piperidine rings is 1. The Morgan fingerprint density at radius 1 is 1.23 bits per heavy atom. The van der Waals surface area contributed by atoms with Gasteiger partial charge >= 0.3 is 0 Å². The molecule has 31 heavy (non-hydrogen) atoms. The number of hydrogen-bond donors (Lipinski definition) is 1. The van der Waals surface area contributed by atoms with Gasteiger partial charge in [-0.1, -0.05) is 24.3 Å². The zero-order chi connectivity index (χ0) is 21.8. The average Bonchev–Trinajstić information content (AvgIpc) is 3.23. The third-order valence-electron chi connectivity index (χ3n) is 5.99. The van der Waals surface area contributed by atoms with E-state index >= 15 is 0 Å². The van der Waals surface area contributed by atoms with Crippen LogP contribution in [0.15, 0.2) is 52.9 Å². The first kappa shape index (κ1) is 21.2. The highest BCUT2D eigenvalue weighted by Crippen LogP contribution is 2.27. The Morgan fingerprint density at radius 2 is 2.00 bits per heavy atom. The molecule has 7 nitrogen and oxygen atoms in total. The lowest BCUT2D eigenvalue weighted by Crippen LogP contribution is -2.42. The van der Waals surface area contributed by atoms with Crippen molar-refractivity contribution in [2.75, 3.05) is 45.7 Å². The molecule has 0 spiro atoms. The maximum Gasteiger partial charge on any atom is 0.298 e. The quantitative estimate of drug-likeness (QED) is 0.629. The van der Waals surface area contributed by atoms with Crippen molar-refractivity contribution in [3.8, 4) is 5.75 Å². The molecule has 7 heteroatoms. The van der Waals surface area contributed by atoms with Gasteiger partial charge in [-0.05, 0) is 56.8 Å². The third kappa shape index (κ3) is 4.82. The summed E-state index contributed by atoms with van der Waals surface area (Å²) < 4.78 is 11.2. The van der Waals surface area contributed by atoms with Crippen LogP contribution in [0.4, 0.5) is 6.01 Å². The smallest absolute Gasteiger partial charge is 0.298 e. The lowest BCUT2D eigenvalue weighted by Gasteiger charge is -2.31. The number of carbonyl (C=O) groups excluding carboxylic acids is 1. The Hall–Kier alpha value is -3.06. The standard InChI is InChI=1S/C24H30N4O3/c1-27(2)21(18-7-6-8-19(15-18)30-3)16-25-23(29)17-11-13-28(14-12-17)24-26-20-9-4-5-10-22(20)31-24/h4-10,15,17,21H,11-14,16H2,1-3H3,(H,25,29)/t21-/m1/s1. The number of hydrogen-bond acceptors (Lipinski definition) is 6. The average molecular weight is 423 g/mol. The van der Waals surface area contributed by atoms with Crippen molar-refractivity contribution in [3.63, 3.8) is 0 Å². The topological polar surface area (TPSA) is 70.8 Å². The van der Waals surface area contributed by atoms with E-state index in [-0.39, 0.29) is 17.9 Å². The number of nitrogens with one attached hydrogen (secondary N) is 1. The van der Waals surface area contributed by atoms with Gasteiger partial charge in [-0.15, -0.1) is 0 Å². The molecule has 1 fully saturated rings. The highest BCUT2D eigenvalue weighted by molar-refractivity contribution is 5.79. The largest absolute Gasteiger partial charge is 0.497 e. The molecule has 0 radical (unpaired) electrons. The summed E-state index contributed by atoms with van der Waals surface area (Å²) in [6, 6.07) is 16.5. The molecule has 2 aromatic carbocycles. The summed E-state index contributed by atoms with van der Waals surface area (Å²) in [7, 11) is 5.71. The number of fused-ring (bicyclic) bond motifs is 1. The first-order valence-electron chi connectivity index (χ1n) is 10.7. The lowest BCUT2D eigenvalue weighted by atomic mass is 9.96. The summed E-state index contributed by atoms with van der Waals surface area (Å²) in [6.45, 7) is 2.08. The Morgan fingerprint density at radius 3 is 2.71 bits per heavy atom. The Labute approximate surface area is 183 Å². The first-order valence-corrected chi connectivity index (χ1v) is 10.7. The number of oxazole rings is 1. The molecule has 164 valence electrons. The highest BCUT2D eigenvalue weighted by atomic mass is 16.5. The van der Waals surface area contributed by atoms with Gasteiger partial charge in [-0.2, -0.15) is 4.98 Å². The van der Waals surface area contributed by atoms with Crippen LogP contribution in [-0.2, 0) is 4.79 Å². The first-order chi connectivity index (χ1) is 15.0. The van der Waals surface area contributed by atoms with Crippen molar-refractivity contribution in [1.29, 1.82) is 0 Å². The molecule has 4 rings (SSSR count). The van der Waals surface area contributed by atoms with E-state index in [1.165, 1.54) is 0 Å². The number of carbonyl (C=O) groups is 1. The van der Waals surface area contributed by atoms with E-state index in [9.17, 15) is 4.79 Å². The summed E-state index contributed by atoms with van der Waals surface area (Å²) in [5.74, 6) is 0.947. The molecule has 1 aliphatic rings. The van der Waals surface area contributed by atoms with Gasteiger partial charge in [0.05, 0.1) is 13.2 Å². The van der Waals surface area contributed by atoms with E-state index in [0.717, 1.165) is 48.3 Å². The number of aromatic nitrogens is 1. The molecule has 1 aromatic heterocycles. The molecule has 1 saturated heterocycles. The SMILES string of the molecule is COc1cccc([C@@H](CNC(=O)C2CCN(c3nc4ccccc4o3)CC2)N(C)C)c1. The van der Waals surface area contributed by atoms with Crippen LogP contribution in [0, 0.1) is 5.92 Å². The second kappa shape index (κ2) is 9.39. The van der Waals surface area contributed by atoms with Crippen LogP contribution in [0.25, 0.3) is 11.1 Å². The van der Waals surface area contributed by atoms with E-state index in [2.05, 4.69) is 26.2 Å². The molecule has 0 aliphatic carbocycles. The van der Waals surface area contributed by atoms with Crippen molar-refractivity contribution in [2.24, 2.45) is 5.92 Å². The fourth-order valence-electron chi connectivity index (χ4n) is 4.12. The molecule has 0 saturated carbocycles. The molecule has 1 atom stereocenters. The van der Waals surface area contributed by atoms with Gasteiger partial charge < -0.3 is 24.3 Å². The van der Waals surface area contributed by atoms with Gasteiger partial charge in [0.15, 0.2) is 5.58 Å². The number of methoxy groups -OCH3 is 1. The molecule has 0 bridgehead atoms. The molecule has 1 amide bonds. The van der Waals surface area contributed by atoms with Crippen LogP contribution in [0.5, 0.6) is 5.75 Å². The minimum absolute atomic E-state index is 0.00810. The number of benzene rings is 2. The van der Waals surface area contributed by atoms with E-state index in [0.29, 0.717) is 12.6 Å². The fourth-order valence-corrected chi connectivity index (χ4v) is 4.12. The maximum atomic E-state index is 12.9. The zero-order valence-electron chi connectivity index (χ0n) is 18.4. The van der Waals surface area contributed by atoms with E-state index in [1.807, 2.05) is 56.6 Å². The van der Waals surface area contributed by atoms with Crippen LogP contribution < -0.4 is 15.0 Å². The molecule has 1 N–H and O–H groups in total. The molecule has 0 unspecified atom stereocenters. The summed E-state index contributed by atoms with van der Waals surface area (Å²) in [5.41, 5.74) is 2.78. The van der Waals surface area contributed by atoms with Crippen LogP contribution >= 0.6 is 0 Å². The summed E-state index contributed by atoms with van der Waals surface area (Å²) in [6.07, 6.45) is 1.58. The molecular weight excluding hydrogens is 392 g/mol. The van der Waals surface area contributed by atoms with E-state index in [4.69, 9.17) is 9.15 Å². The van der Waals surface area contributed by atoms with E-state index < -0.39 is 0 Å². The van der Waals surface area contributed by atoms with Crippen LogP contribution in [0.1, 0.15) is 24.4 Å². The minimum atomic E-state index is 0.00810. The second-order valence-electron chi connectivity index (χ2n) is 8.23. The Kier molecular flexibility index (Phi) is 6.42. The van der Waals surface area contributed by atoms with Crippen molar-refractivity contribution >= 4 is 23.0 Å². The Bertz CT molecular complexity index is 991. The minimum Gasteiger partial charge on any atom is -0.497 e. The van der Waals surface area contributed by atoms with Gasteiger partial charge in [-0.3, -0.25) is 4.79 Å². The maximum absolute atomic E-state index is 12.9. The highest BCUT2D eigenvalue weighted by Gasteiger charge is 2.28. The lowest BCUT2D eigenvalue weighted by molar-refractivity contribution is -0.125. The predicted molar refractivity (Wildman–Crippen MR) is 121 cm³/mol. The van der Waals surface area contributed by atoms with Gasteiger partial charge in [0.1, 0.15) is 11.3 Å². The monoisotopic (exact) mass is 422 g/mol. The molecule has 3 aromatic rings. The third-order valence-corrected chi connectivity index (χ3v) is 5.99. The number of ether oxygens (including phenoxy) is 1.